The summed E-state index contributed by atoms with van der Waals surface area (Å²) in [5.74, 6) is 1.87. The maximum Gasteiger partial charge on any atom is 0.303 e. The third-order valence-corrected chi connectivity index (χ3v) is 14.7. The second kappa shape index (κ2) is 11.5. The first-order valence-electron chi connectivity index (χ1n) is 18.2. The number of quaternary nitrogens is 1. The molecule has 248 valence electrons. The summed E-state index contributed by atoms with van der Waals surface area (Å²) in [5, 5.41) is 0. The van der Waals surface area contributed by atoms with Gasteiger partial charge >= 0.3 is 11.9 Å². The molecule has 0 N–H and O–H groups in total. The number of ether oxygens (including phenoxy) is 4. The van der Waals surface area contributed by atoms with Crippen LogP contribution in [-0.4, -0.2) is 97.8 Å². The van der Waals surface area contributed by atoms with E-state index in [2.05, 4.69) is 25.8 Å². The van der Waals surface area contributed by atoms with Crippen LogP contribution in [0.1, 0.15) is 105 Å². The number of piperidine rings is 2. The van der Waals surface area contributed by atoms with Crippen molar-refractivity contribution in [3.05, 3.63) is 0 Å². The molecule has 0 aromatic carbocycles. The molecule has 3 heterocycles. The Kier molecular flexibility index (Phi) is 8.19. The highest BCUT2D eigenvalue weighted by Crippen LogP contribution is 2.68. The zero-order valence-electron chi connectivity index (χ0n) is 28.2. The van der Waals surface area contributed by atoms with E-state index in [1.54, 1.807) is 13.8 Å². The van der Waals surface area contributed by atoms with Crippen LogP contribution in [0.3, 0.4) is 0 Å². The number of likely N-dealkylation sites (N-methyl/N-ethyl adjacent to an activating group) is 1. The normalized spacial score (nSPS) is 46.5. The Labute approximate surface area is 265 Å². The monoisotopic (exact) mass is 615 g/mol. The van der Waals surface area contributed by atoms with Gasteiger partial charge in [-0.15, -0.1) is 0 Å². The molecule has 4 aliphatic carbocycles. The van der Waals surface area contributed by atoms with E-state index >= 15 is 0 Å². The van der Waals surface area contributed by atoms with E-state index in [9.17, 15) is 9.59 Å². The average Bonchev–Trinajstić information content (AvgIpc) is 3.57. The molecule has 0 bridgehead atoms. The summed E-state index contributed by atoms with van der Waals surface area (Å²) in [4.78, 5) is 27.6. The van der Waals surface area contributed by atoms with Crippen LogP contribution in [0, 0.1) is 34.5 Å². The van der Waals surface area contributed by atoms with E-state index < -0.39 is 5.79 Å². The van der Waals surface area contributed by atoms with E-state index in [1.165, 1.54) is 38.5 Å². The Hall–Kier alpha value is -1.22. The van der Waals surface area contributed by atoms with Crippen molar-refractivity contribution < 1.29 is 33.0 Å². The van der Waals surface area contributed by atoms with Gasteiger partial charge in [-0.3, -0.25) is 14.5 Å². The number of esters is 2. The number of carbonyl (C=O) groups excluding carboxylic acids is 2. The van der Waals surface area contributed by atoms with Gasteiger partial charge in [0.1, 0.15) is 12.1 Å². The lowest BCUT2D eigenvalue weighted by molar-refractivity contribution is -0.943. The van der Waals surface area contributed by atoms with Crippen molar-refractivity contribution in [2.24, 2.45) is 34.5 Å². The number of hydrogen-bond donors (Lipinski definition) is 0. The molecule has 8 nitrogen and oxygen atoms in total. The zero-order chi connectivity index (χ0) is 30.9. The number of likely N-dealkylation sites (tertiary alicyclic amines) is 2. The highest BCUT2D eigenvalue weighted by molar-refractivity contribution is 5.66. The van der Waals surface area contributed by atoms with Crippen molar-refractivity contribution in [3.8, 4) is 0 Å². The van der Waals surface area contributed by atoms with Gasteiger partial charge in [-0.25, -0.2) is 0 Å². The van der Waals surface area contributed by atoms with Gasteiger partial charge in [-0.1, -0.05) is 20.3 Å². The summed E-state index contributed by atoms with van der Waals surface area (Å²) in [5.41, 5.74) is 0.268. The lowest BCUT2D eigenvalue weighted by Gasteiger charge is -2.62. The number of fused-ring (bicyclic) bond motifs is 5. The summed E-state index contributed by atoms with van der Waals surface area (Å²) >= 11 is 0. The standard InChI is InChI=1S/C36H59N2O6/c1-24(39)43-32-21-26-9-10-27-28(35(26,4)23-30(32)37-15-7-6-8-16-37)11-12-34(3)29(27)22-31(33(34)44-25(2)40)38(5)17-13-36(14-18-38)41-19-20-42-36/h26-33H,6-23H2,1-5H3/q+1/t26-,27+,28-,29-,30-,31-,32-,33-,34-,35-/m0/s1. The molecule has 44 heavy (non-hydrogen) atoms. The molecule has 7 fully saturated rings. The van der Waals surface area contributed by atoms with Gasteiger partial charge < -0.3 is 23.4 Å². The van der Waals surface area contributed by atoms with Gasteiger partial charge in [-0.2, -0.15) is 0 Å². The minimum atomic E-state index is -0.391. The predicted octanol–water partition coefficient (Wildman–Crippen LogP) is 5.32. The van der Waals surface area contributed by atoms with Crippen LogP contribution in [0.5, 0.6) is 0 Å². The fourth-order valence-corrected chi connectivity index (χ4v) is 12.4. The van der Waals surface area contributed by atoms with Crippen molar-refractivity contribution in [2.75, 3.05) is 46.4 Å². The van der Waals surface area contributed by atoms with Gasteiger partial charge in [0.15, 0.2) is 11.9 Å². The molecule has 8 heteroatoms. The van der Waals surface area contributed by atoms with Crippen LogP contribution >= 0.6 is 0 Å². The number of nitrogens with zero attached hydrogens (tertiary/aromatic N) is 2. The lowest BCUT2D eigenvalue weighted by Crippen LogP contribution is -2.63. The Morgan fingerprint density at radius 3 is 2.16 bits per heavy atom. The Balaban J connectivity index is 1.15. The fraction of sp³-hybridized carbons (Fsp3) is 0.944. The van der Waals surface area contributed by atoms with Crippen molar-refractivity contribution in [3.63, 3.8) is 0 Å². The van der Waals surface area contributed by atoms with Crippen LogP contribution in [-0.2, 0) is 28.5 Å². The van der Waals surface area contributed by atoms with Crippen LogP contribution in [0.25, 0.3) is 0 Å². The fourth-order valence-electron chi connectivity index (χ4n) is 12.4. The smallest absolute Gasteiger partial charge is 0.303 e. The number of rotatable bonds is 4. The van der Waals surface area contributed by atoms with Crippen molar-refractivity contribution in [1.82, 2.24) is 4.90 Å². The molecule has 0 aromatic rings. The Bertz CT molecular complexity index is 1090. The molecule has 0 unspecified atom stereocenters. The molecule has 0 amide bonds. The second-order valence-electron chi connectivity index (χ2n) is 16.8. The van der Waals surface area contributed by atoms with E-state index in [0.717, 1.165) is 69.2 Å². The van der Waals surface area contributed by atoms with E-state index in [-0.39, 0.29) is 35.0 Å². The molecular formula is C36H59N2O6+. The van der Waals surface area contributed by atoms with Crippen molar-refractivity contribution in [2.45, 2.75) is 135 Å². The van der Waals surface area contributed by atoms with E-state index in [4.69, 9.17) is 18.9 Å². The summed E-state index contributed by atoms with van der Waals surface area (Å²) in [6.07, 6.45) is 13.8. The first-order chi connectivity index (χ1) is 21.0. The van der Waals surface area contributed by atoms with Gasteiger partial charge in [0.2, 0.25) is 0 Å². The first kappa shape index (κ1) is 31.4. The van der Waals surface area contributed by atoms with Gasteiger partial charge in [0, 0.05) is 31.7 Å². The maximum absolute atomic E-state index is 12.7. The Morgan fingerprint density at radius 2 is 1.50 bits per heavy atom. The number of hydrogen-bond acceptors (Lipinski definition) is 7. The molecule has 7 aliphatic rings. The zero-order valence-corrected chi connectivity index (χ0v) is 28.2. The van der Waals surface area contributed by atoms with Crippen molar-refractivity contribution >= 4 is 11.9 Å². The molecule has 3 aliphatic heterocycles. The summed E-state index contributed by atoms with van der Waals surface area (Å²) in [6.45, 7) is 14.0. The van der Waals surface area contributed by atoms with Gasteiger partial charge in [0.25, 0.3) is 0 Å². The van der Waals surface area contributed by atoms with Gasteiger partial charge in [-0.05, 0) is 93.5 Å². The molecule has 7 rings (SSSR count). The summed E-state index contributed by atoms with van der Waals surface area (Å²) in [6, 6.07) is 0.653. The van der Waals surface area contributed by atoms with Crippen LogP contribution < -0.4 is 0 Å². The third kappa shape index (κ3) is 5.16. The van der Waals surface area contributed by atoms with Crippen molar-refractivity contribution in [1.29, 1.82) is 0 Å². The first-order valence-corrected chi connectivity index (χ1v) is 18.2. The quantitative estimate of drug-likeness (QED) is 0.313. The predicted molar refractivity (Wildman–Crippen MR) is 166 cm³/mol. The van der Waals surface area contributed by atoms with E-state index in [1.807, 2.05) is 0 Å². The maximum atomic E-state index is 12.7. The average molecular weight is 616 g/mol. The SMILES string of the molecule is CC(=O)O[C@H]1C[C@@H]2CC[C@@H]3[C@H](CC[C@@]4(C)[C@H]3C[C@H]([N+]3(C)CCC5(CC3)OCCO5)[C@@H]4OC(C)=O)[C@@]2(C)C[C@@H]1N1CCCCC1. The van der Waals surface area contributed by atoms with E-state index in [0.29, 0.717) is 49.0 Å². The molecule has 0 radical (unpaired) electrons. The van der Waals surface area contributed by atoms with Crippen LogP contribution in [0.15, 0.2) is 0 Å². The molecular weight excluding hydrogens is 556 g/mol. The molecule has 3 saturated heterocycles. The van der Waals surface area contributed by atoms with Gasteiger partial charge in [0.05, 0.1) is 46.2 Å². The highest BCUT2D eigenvalue weighted by atomic mass is 16.7. The second-order valence-corrected chi connectivity index (χ2v) is 16.8. The molecule has 10 atom stereocenters. The summed E-state index contributed by atoms with van der Waals surface area (Å²) < 4.78 is 25.7. The highest BCUT2D eigenvalue weighted by Gasteiger charge is 2.68. The molecule has 1 spiro atoms. The topological polar surface area (TPSA) is 74.3 Å². The minimum Gasteiger partial charge on any atom is -0.461 e. The summed E-state index contributed by atoms with van der Waals surface area (Å²) in [7, 11) is 2.42. The molecule has 4 saturated carbocycles. The molecule has 0 aromatic heterocycles. The third-order valence-electron chi connectivity index (χ3n) is 14.7. The number of carbonyl (C=O) groups is 2. The minimum absolute atomic E-state index is 0.0126. The lowest BCUT2D eigenvalue weighted by atomic mass is 9.44. The van der Waals surface area contributed by atoms with Crippen LogP contribution in [0.2, 0.25) is 0 Å². The largest absolute Gasteiger partial charge is 0.461 e. The Morgan fingerprint density at radius 1 is 0.818 bits per heavy atom. The van der Waals surface area contributed by atoms with Crippen LogP contribution in [0.4, 0.5) is 0 Å².